The van der Waals surface area contributed by atoms with Gasteiger partial charge in [0.2, 0.25) is 5.91 Å². The van der Waals surface area contributed by atoms with Crippen LogP contribution in [0, 0.1) is 0 Å². The first kappa shape index (κ1) is 23.6. The molecule has 1 aromatic heterocycles. The summed E-state index contributed by atoms with van der Waals surface area (Å²) in [4.78, 5) is 38.6. The topological polar surface area (TPSA) is 56.8 Å². The van der Waals surface area contributed by atoms with E-state index in [0.717, 1.165) is 22.4 Å². The van der Waals surface area contributed by atoms with Crippen LogP contribution in [-0.4, -0.2) is 56.3 Å². The van der Waals surface area contributed by atoms with E-state index in [-0.39, 0.29) is 17.7 Å². The number of fused-ring (bicyclic) bond motifs is 3. The van der Waals surface area contributed by atoms with Crippen molar-refractivity contribution in [1.29, 1.82) is 0 Å². The molecule has 36 heavy (non-hydrogen) atoms. The van der Waals surface area contributed by atoms with Crippen molar-refractivity contribution in [3.8, 4) is 0 Å². The second-order valence-corrected chi connectivity index (χ2v) is 11.7. The molecule has 6 nitrogen and oxygen atoms in total. The van der Waals surface area contributed by atoms with Crippen molar-refractivity contribution < 1.29 is 9.59 Å². The average Bonchev–Trinajstić information content (AvgIpc) is 3.38. The van der Waals surface area contributed by atoms with Gasteiger partial charge in [0.15, 0.2) is 5.54 Å². The Morgan fingerprint density at radius 1 is 1.06 bits per heavy atom. The molecule has 2 aromatic carbocycles. The zero-order valence-corrected chi connectivity index (χ0v) is 22.1. The molecule has 0 N–H and O–H groups in total. The molecule has 3 aliphatic heterocycles. The molecule has 0 radical (unpaired) electrons. The number of halogens is 1. The summed E-state index contributed by atoms with van der Waals surface area (Å²) >= 11 is 13.7. The minimum atomic E-state index is -1.27. The predicted octanol–water partition coefficient (Wildman–Crippen LogP) is 4.44. The summed E-state index contributed by atoms with van der Waals surface area (Å²) in [7, 11) is 3.68. The molecule has 3 aliphatic rings. The number of anilines is 1. The summed E-state index contributed by atoms with van der Waals surface area (Å²) in [6, 6.07) is 19.1. The fourth-order valence-corrected chi connectivity index (χ4v) is 8.47. The van der Waals surface area contributed by atoms with Crippen LogP contribution in [0.5, 0.6) is 0 Å². The van der Waals surface area contributed by atoms with Crippen LogP contribution in [0.15, 0.2) is 73.1 Å². The number of rotatable bonds is 3. The SMILES string of the molecule is CN1C(=O)[C@]2(c3cc(Cl)ccc31)N(C)C[C@H](c1ccncc1)[C@@]21SC(=S)N(Cc2ccccc2)C1=O. The van der Waals surface area contributed by atoms with Crippen LogP contribution in [0.1, 0.15) is 22.6 Å². The van der Waals surface area contributed by atoms with Crippen molar-refractivity contribution in [1.82, 2.24) is 14.8 Å². The number of thioether (sulfide) groups is 1. The summed E-state index contributed by atoms with van der Waals surface area (Å²) in [5, 5.41) is 0.520. The number of benzene rings is 2. The Balaban J connectivity index is 1.60. The van der Waals surface area contributed by atoms with Crippen LogP contribution in [0.3, 0.4) is 0 Å². The molecule has 2 amide bonds. The minimum Gasteiger partial charge on any atom is -0.313 e. The number of likely N-dealkylation sites (tertiary alicyclic amines) is 1. The standard InChI is InChI=1S/C27H23ClN4O2S2/c1-30-16-21(18-10-12-29-13-11-18)27(24(34)32(25(35)36-27)15-17-6-4-3-5-7-17)26(30)20-14-19(28)8-9-22(20)31(2)23(26)33/h3-14,21H,15-16H2,1-2H3/t21-,26+,27+/m1/s1. The number of pyridine rings is 1. The lowest BCUT2D eigenvalue weighted by Gasteiger charge is -2.42. The van der Waals surface area contributed by atoms with E-state index in [1.165, 1.54) is 11.8 Å². The molecule has 2 spiro atoms. The molecule has 0 bridgehead atoms. The Labute approximate surface area is 224 Å². The molecule has 182 valence electrons. The number of carbonyl (C=O) groups excluding carboxylic acids is 2. The van der Waals surface area contributed by atoms with E-state index in [9.17, 15) is 9.59 Å². The Bertz CT molecular complexity index is 1410. The number of amides is 2. The smallest absolute Gasteiger partial charge is 0.254 e. The van der Waals surface area contributed by atoms with Crippen LogP contribution >= 0.6 is 35.6 Å². The first-order valence-electron chi connectivity index (χ1n) is 11.6. The fourth-order valence-electron chi connectivity index (χ4n) is 6.17. The molecule has 0 saturated carbocycles. The van der Waals surface area contributed by atoms with E-state index in [4.69, 9.17) is 23.8 Å². The third-order valence-electron chi connectivity index (χ3n) is 7.70. The fraction of sp³-hybridized carbons (Fsp3) is 0.259. The van der Waals surface area contributed by atoms with Crippen molar-refractivity contribution in [3.05, 3.63) is 94.8 Å². The monoisotopic (exact) mass is 534 g/mol. The molecule has 3 aromatic rings. The van der Waals surface area contributed by atoms with Gasteiger partial charge in [-0.25, -0.2) is 0 Å². The van der Waals surface area contributed by atoms with Crippen LogP contribution in [0.4, 0.5) is 5.69 Å². The number of hydrogen-bond donors (Lipinski definition) is 0. The van der Waals surface area contributed by atoms with Crippen LogP contribution in [0.2, 0.25) is 5.02 Å². The quantitative estimate of drug-likeness (QED) is 0.463. The van der Waals surface area contributed by atoms with Gasteiger partial charge in [-0.1, -0.05) is 65.9 Å². The number of likely N-dealkylation sites (N-methyl/N-ethyl adjacent to an activating group) is 2. The highest BCUT2D eigenvalue weighted by Gasteiger charge is 2.78. The van der Waals surface area contributed by atoms with E-state index in [1.807, 2.05) is 66.5 Å². The molecule has 9 heteroatoms. The highest BCUT2D eigenvalue weighted by atomic mass is 35.5. The molecular formula is C27H23ClN4O2S2. The number of thiocarbonyl (C=S) groups is 1. The van der Waals surface area contributed by atoms with Gasteiger partial charge in [0.25, 0.3) is 5.91 Å². The maximum Gasteiger partial charge on any atom is 0.254 e. The van der Waals surface area contributed by atoms with Gasteiger partial charge in [0.1, 0.15) is 9.07 Å². The molecule has 6 rings (SSSR count). The van der Waals surface area contributed by atoms with Crippen molar-refractivity contribution in [2.24, 2.45) is 0 Å². The first-order chi connectivity index (χ1) is 17.3. The minimum absolute atomic E-state index is 0.149. The normalized spacial score (nSPS) is 27.6. The summed E-state index contributed by atoms with van der Waals surface area (Å²) in [6.07, 6.45) is 3.46. The van der Waals surface area contributed by atoms with Gasteiger partial charge in [-0.2, -0.15) is 0 Å². The van der Waals surface area contributed by atoms with E-state index < -0.39 is 10.3 Å². The van der Waals surface area contributed by atoms with Gasteiger partial charge >= 0.3 is 0 Å². The second-order valence-electron chi connectivity index (χ2n) is 9.43. The highest BCUT2D eigenvalue weighted by Crippen LogP contribution is 2.66. The van der Waals surface area contributed by atoms with Gasteiger partial charge in [-0.3, -0.25) is 24.4 Å². The van der Waals surface area contributed by atoms with Crippen molar-refractivity contribution in [2.45, 2.75) is 22.7 Å². The first-order valence-corrected chi connectivity index (χ1v) is 13.2. The van der Waals surface area contributed by atoms with Gasteiger partial charge in [0, 0.05) is 48.2 Å². The van der Waals surface area contributed by atoms with Crippen LogP contribution in [-0.2, 0) is 21.7 Å². The third kappa shape index (κ3) is 2.96. The molecule has 2 saturated heterocycles. The average molecular weight is 535 g/mol. The van der Waals surface area contributed by atoms with Crippen LogP contribution in [0.25, 0.3) is 0 Å². The van der Waals surface area contributed by atoms with E-state index in [1.54, 1.807) is 35.3 Å². The van der Waals surface area contributed by atoms with Crippen molar-refractivity contribution in [2.75, 3.05) is 25.5 Å². The Morgan fingerprint density at radius 3 is 2.50 bits per heavy atom. The third-order valence-corrected chi connectivity index (χ3v) is 9.88. The second kappa shape index (κ2) is 8.38. The van der Waals surface area contributed by atoms with Crippen LogP contribution < -0.4 is 4.90 Å². The van der Waals surface area contributed by atoms with Crippen molar-refractivity contribution in [3.63, 3.8) is 0 Å². The van der Waals surface area contributed by atoms with Gasteiger partial charge in [0.05, 0.1) is 6.54 Å². The summed E-state index contributed by atoms with van der Waals surface area (Å²) in [5.74, 6) is -0.602. The number of hydrogen-bond acceptors (Lipinski definition) is 6. The molecule has 2 fully saturated rings. The van der Waals surface area contributed by atoms with E-state index in [0.29, 0.717) is 22.4 Å². The zero-order chi connectivity index (χ0) is 25.2. The van der Waals surface area contributed by atoms with Gasteiger partial charge in [-0.05, 0) is 48.5 Å². The van der Waals surface area contributed by atoms with Gasteiger partial charge < -0.3 is 4.90 Å². The number of carbonyl (C=O) groups is 2. The zero-order valence-electron chi connectivity index (χ0n) is 19.7. The Hall–Kier alpha value is -2.78. The van der Waals surface area contributed by atoms with Gasteiger partial charge in [-0.15, -0.1) is 0 Å². The van der Waals surface area contributed by atoms with E-state index >= 15 is 0 Å². The maximum absolute atomic E-state index is 14.8. The highest BCUT2D eigenvalue weighted by molar-refractivity contribution is 8.25. The molecule has 0 aliphatic carbocycles. The predicted molar refractivity (Wildman–Crippen MR) is 146 cm³/mol. The number of aromatic nitrogens is 1. The summed E-state index contributed by atoms with van der Waals surface area (Å²) < 4.78 is -0.737. The molecule has 0 unspecified atom stereocenters. The largest absolute Gasteiger partial charge is 0.313 e. The lowest BCUT2D eigenvalue weighted by atomic mass is 9.72. The number of nitrogens with zero attached hydrogens (tertiary/aromatic N) is 4. The lowest BCUT2D eigenvalue weighted by molar-refractivity contribution is -0.139. The molecule has 4 heterocycles. The Morgan fingerprint density at radius 2 is 1.78 bits per heavy atom. The van der Waals surface area contributed by atoms with E-state index in [2.05, 4.69) is 4.98 Å². The maximum atomic E-state index is 14.8. The summed E-state index contributed by atoms with van der Waals surface area (Å²) in [6.45, 7) is 0.846. The Kier molecular flexibility index (Phi) is 5.50. The summed E-state index contributed by atoms with van der Waals surface area (Å²) in [5.41, 5.74) is 2.15. The lowest BCUT2D eigenvalue weighted by Crippen LogP contribution is -2.62. The van der Waals surface area contributed by atoms with Crippen molar-refractivity contribution >= 4 is 57.4 Å². The molecule has 3 atom stereocenters. The molecular weight excluding hydrogens is 512 g/mol.